The molecule has 0 radical (unpaired) electrons. The number of amides is 1. The third-order valence-corrected chi connectivity index (χ3v) is 15.1. The highest BCUT2D eigenvalue weighted by atomic mass is 16.5. The summed E-state index contributed by atoms with van der Waals surface area (Å²) in [5.74, 6) is -0.0426. The van der Waals surface area contributed by atoms with Gasteiger partial charge in [-0.05, 0) is 32.1 Å². The molecule has 0 rings (SSSR count). The summed E-state index contributed by atoms with van der Waals surface area (Å²) in [5, 5.41) is 23.0. The Labute approximate surface area is 438 Å². The SMILES string of the molecule is CCCCCCCCCC/C=C/C(O)C(CO)NC(=O)CCCCCCCCCCCCCCCCCCCCCCCCCCCCCCCCCOC(=O)CCCCCCCCCCCCCC. The molecule has 0 bridgehead atoms. The molecule has 0 heterocycles. The van der Waals surface area contributed by atoms with Crippen molar-refractivity contribution in [3.63, 3.8) is 0 Å². The number of allylic oxidation sites excluding steroid dienone is 1. The Morgan fingerprint density at radius 3 is 0.971 bits per heavy atom. The number of aliphatic hydroxyl groups is 2. The number of esters is 1. The van der Waals surface area contributed by atoms with E-state index < -0.39 is 12.1 Å². The molecule has 70 heavy (non-hydrogen) atoms. The summed E-state index contributed by atoms with van der Waals surface area (Å²) in [4.78, 5) is 24.4. The van der Waals surface area contributed by atoms with E-state index in [9.17, 15) is 19.8 Å². The van der Waals surface area contributed by atoms with Crippen LogP contribution in [0, 0.1) is 0 Å². The molecular formula is C64H125NO5. The number of unbranched alkanes of at least 4 members (excludes halogenated alkanes) is 49. The maximum atomic E-state index is 12.4. The lowest BCUT2D eigenvalue weighted by atomic mass is 10.0. The molecule has 0 aliphatic heterocycles. The number of hydrogen-bond donors (Lipinski definition) is 3. The Morgan fingerprint density at radius 2 is 0.657 bits per heavy atom. The number of carbonyl (C=O) groups excluding carboxylic acids is 2. The van der Waals surface area contributed by atoms with Gasteiger partial charge in [-0.15, -0.1) is 0 Å². The minimum absolute atomic E-state index is 0.0215. The number of carbonyl (C=O) groups is 2. The van der Waals surface area contributed by atoms with E-state index in [0.29, 0.717) is 19.4 Å². The molecule has 0 aromatic carbocycles. The molecule has 2 unspecified atom stereocenters. The van der Waals surface area contributed by atoms with Gasteiger partial charge < -0.3 is 20.3 Å². The summed E-state index contributed by atoms with van der Waals surface area (Å²) in [7, 11) is 0. The van der Waals surface area contributed by atoms with E-state index >= 15 is 0 Å². The lowest BCUT2D eigenvalue weighted by molar-refractivity contribution is -0.143. The van der Waals surface area contributed by atoms with E-state index in [0.717, 1.165) is 38.5 Å². The number of hydrogen-bond acceptors (Lipinski definition) is 5. The lowest BCUT2D eigenvalue weighted by Gasteiger charge is -2.20. The molecular weight excluding hydrogens is 863 g/mol. The second-order valence-electron chi connectivity index (χ2n) is 22.1. The number of ether oxygens (including phenoxy) is 1. The van der Waals surface area contributed by atoms with Crippen LogP contribution < -0.4 is 5.32 Å². The third kappa shape index (κ3) is 55.9. The van der Waals surface area contributed by atoms with Crippen LogP contribution in [0.25, 0.3) is 0 Å². The molecule has 0 aromatic rings. The van der Waals surface area contributed by atoms with E-state index in [1.807, 2.05) is 6.08 Å². The average Bonchev–Trinajstić information content (AvgIpc) is 3.36. The fraction of sp³-hybridized carbons (Fsp3) is 0.938. The Kier molecular flexibility index (Phi) is 59.0. The van der Waals surface area contributed by atoms with Crippen LogP contribution in [0.4, 0.5) is 0 Å². The summed E-state index contributed by atoms with van der Waals surface area (Å²) in [6.07, 6.45) is 72.8. The molecule has 0 fully saturated rings. The van der Waals surface area contributed by atoms with E-state index in [-0.39, 0.29) is 18.5 Å². The van der Waals surface area contributed by atoms with E-state index in [2.05, 4.69) is 19.2 Å². The number of aliphatic hydroxyl groups excluding tert-OH is 2. The van der Waals surface area contributed by atoms with Crippen molar-refractivity contribution < 1.29 is 24.5 Å². The van der Waals surface area contributed by atoms with Crippen molar-refractivity contribution in [2.45, 2.75) is 373 Å². The van der Waals surface area contributed by atoms with Gasteiger partial charge in [-0.3, -0.25) is 9.59 Å². The molecule has 0 saturated carbocycles. The Hall–Kier alpha value is -1.40. The van der Waals surface area contributed by atoms with Gasteiger partial charge in [-0.25, -0.2) is 0 Å². The maximum absolute atomic E-state index is 12.4. The zero-order valence-corrected chi connectivity index (χ0v) is 47.5. The number of rotatable bonds is 60. The molecule has 0 aliphatic rings. The van der Waals surface area contributed by atoms with Crippen LogP contribution in [-0.2, 0) is 14.3 Å². The standard InChI is InChI=1S/C64H125NO5/c1-3-5-7-9-11-13-15-38-42-46-50-54-58-64(69)70-59-55-51-47-43-39-36-34-32-30-28-26-24-22-20-18-16-17-19-21-23-25-27-29-31-33-35-37-41-45-49-53-57-63(68)65-61(60-66)62(67)56-52-48-44-40-14-12-10-8-6-4-2/h52,56,61-62,66-67H,3-51,53-55,57-60H2,1-2H3,(H,65,68)/b56-52+. The largest absolute Gasteiger partial charge is 0.466 e. The van der Waals surface area contributed by atoms with Gasteiger partial charge in [-0.1, -0.05) is 328 Å². The average molecular weight is 989 g/mol. The van der Waals surface area contributed by atoms with Crippen molar-refractivity contribution in [2.24, 2.45) is 0 Å². The van der Waals surface area contributed by atoms with Gasteiger partial charge in [0, 0.05) is 12.8 Å². The molecule has 0 saturated heterocycles. The fourth-order valence-electron chi connectivity index (χ4n) is 10.2. The zero-order chi connectivity index (χ0) is 50.7. The molecule has 1 amide bonds. The van der Waals surface area contributed by atoms with Crippen molar-refractivity contribution in [2.75, 3.05) is 13.2 Å². The third-order valence-electron chi connectivity index (χ3n) is 15.1. The summed E-state index contributed by atoms with van der Waals surface area (Å²) < 4.78 is 5.48. The van der Waals surface area contributed by atoms with Crippen molar-refractivity contribution in [3.8, 4) is 0 Å². The molecule has 6 nitrogen and oxygen atoms in total. The Bertz CT molecular complexity index is 1050. The van der Waals surface area contributed by atoms with Crippen LogP contribution in [0.2, 0.25) is 0 Å². The minimum atomic E-state index is -0.838. The summed E-state index contributed by atoms with van der Waals surface area (Å²) in [6.45, 7) is 4.91. The lowest BCUT2D eigenvalue weighted by Crippen LogP contribution is -2.45. The first-order chi connectivity index (χ1) is 34.5. The molecule has 0 aliphatic carbocycles. The summed E-state index contributed by atoms with van der Waals surface area (Å²) in [5.41, 5.74) is 0. The first kappa shape index (κ1) is 68.6. The predicted octanol–water partition coefficient (Wildman–Crippen LogP) is 20.0. The van der Waals surface area contributed by atoms with Gasteiger partial charge in [0.15, 0.2) is 0 Å². The fourth-order valence-corrected chi connectivity index (χ4v) is 10.2. The molecule has 0 spiro atoms. The molecule has 416 valence electrons. The van der Waals surface area contributed by atoms with E-state index in [4.69, 9.17) is 4.74 Å². The highest BCUT2D eigenvalue weighted by Gasteiger charge is 2.18. The van der Waals surface area contributed by atoms with Crippen LogP contribution in [-0.4, -0.2) is 47.4 Å². The van der Waals surface area contributed by atoms with Gasteiger partial charge >= 0.3 is 5.97 Å². The van der Waals surface area contributed by atoms with Crippen molar-refractivity contribution in [1.29, 1.82) is 0 Å². The zero-order valence-electron chi connectivity index (χ0n) is 47.5. The second-order valence-corrected chi connectivity index (χ2v) is 22.1. The highest BCUT2D eigenvalue weighted by molar-refractivity contribution is 5.76. The first-order valence-electron chi connectivity index (χ1n) is 32.0. The maximum Gasteiger partial charge on any atom is 0.305 e. The Balaban J connectivity index is 3.30. The molecule has 0 aromatic heterocycles. The highest BCUT2D eigenvalue weighted by Crippen LogP contribution is 2.18. The van der Waals surface area contributed by atoms with Gasteiger partial charge in [0.25, 0.3) is 0 Å². The molecule has 6 heteroatoms. The van der Waals surface area contributed by atoms with Gasteiger partial charge in [0.1, 0.15) is 0 Å². The topological polar surface area (TPSA) is 95.9 Å². The van der Waals surface area contributed by atoms with Gasteiger partial charge in [-0.2, -0.15) is 0 Å². The normalized spacial score (nSPS) is 12.6. The van der Waals surface area contributed by atoms with Crippen LogP contribution in [0.5, 0.6) is 0 Å². The van der Waals surface area contributed by atoms with Gasteiger partial charge in [0.2, 0.25) is 5.91 Å². The van der Waals surface area contributed by atoms with Crippen molar-refractivity contribution >= 4 is 11.9 Å². The minimum Gasteiger partial charge on any atom is -0.466 e. The second kappa shape index (κ2) is 60.2. The monoisotopic (exact) mass is 988 g/mol. The van der Waals surface area contributed by atoms with E-state index in [1.165, 1.54) is 295 Å². The van der Waals surface area contributed by atoms with Gasteiger partial charge in [0.05, 0.1) is 25.4 Å². The summed E-state index contributed by atoms with van der Waals surface area (Å²) in [6, 6.07) is -0.622. The smallest absolute Gasteiger partial charge is 0.305 e. The van der Waals surface area contributed by atoms with Crippen LogP contribution in [0.3, 0.4) is 0 Å². The van der Waals surface area contributed by atoms with E-state index in [1.54, 1.807) is 6.08 Å². The van der Waals surface area contributed by atoms with Crippen LogP contribution in [0.1, 0.15) is 361 Å². The van der Waals surface area contributed by atoms with Crippen LogP contribution >= 0.6 is 0 Å². The Morgan fingerprint density at radius 1 is 0.386 bits per heavy atom. The van der Waals surface area contributed by atoms with Crippen molar-refractivity contribution in [3.05, 3.63) is 12.2 Å². The molecule has 2 atom stereocenters. The number of nitrogens with one attached hydrogen (secondary N) is 1. The van der Waals surface area contributed by atoms with Crippen molar-refractivity contribution in [1.82, 2.24) is 5.32 Å². The predicted molar refractivity (Wildman–Crippen MR) is 306 cm³/mol. The van der Waals surface area contributed by atoms with Crippen LogP contribution in [0.15, 0.2) is 12.2 Å². The summed E-state index contributed by atoms with van der Waals surface area (Å²) >= 11 is 0. The quantitative estimate of drug-likeness (QED) is 0.0321. The first-order valence-corrected chi connectivity index (χ1v) is 32.0. The molecule has 3 N–H and O–H groups in total.